The Morgan fingerprint density at radius 3 is 2.27 bits per heavy atom. The van der Waals surface area contributed by atoms with Crippen LogP contribution in [0.3, 0.4) is 0 Å². The molecular weight excluding hydrogens is 217 g/mol. The van der Waals surface area contributed by atoms with Gasteiger partial charge in [-0.05, 0) is 12.3 Å². The Morgan fingerprint density at radius 2 is 1.91 bits per heavy atom. The molecule has 0 fully saturated rings. The molecule has 0 bridgehead atoms. The minimum absolute atomic E-state index is 0. The fraction of sp³-hybridized carbons (Fsp3) is 0.875. The molecule has 1 N–H and O–H groups in total. The van der Waals surface area contributed by atoms with Gasteiger partial charge in [0.1, 0.15) is 0 Å². The maximum atomic E-state index is 10.0. The van der Waals surface area contributed by atoms with Gasteiger partial charge >= 0.3 is 5.97 Å². The van der Waals surface area contributed by atoms with Gasteiger partial charge in [-0.3, -0.25) is 4.79 Å². The molecule has 0 heterocycles. The fourth-order valence-corrected chi connectivity index (χ4v) is 0.829. The van der Waals surface area contributed by atoms with E-state index in [0.29, 0.717) is 12.3 Å². The summed E-state index contributed by atoms with van der Waals surface area (Å²) in [5.41, 5.74) is 0. The molecule has 1 radical (unpaired) electrons. The topological polar surface area (TPSA) is 37.3 Å². The van der Waals surface area contributed by atoms with Gasteiger partial charge < -0.3 is 5.11 Å². The maximum absolute atomic E-state index is 10.0. The second kappa shape index (κ2) is 8.67. The molecular formula is C8H16O2Y. The van der Waals surface area contributed by atoms with Gasteiger partial charge in [0.2, 0.25) is 0 Å². The van der Waals surface area contributed by atoms with Gasteiger partial charge in [0.05, 0.1) is 0 Å². The van der Waals surface area contributed by atoms with Crippen molar-refractivity contribution in [1.29, 1.82) is 0 Å². The predicted molar refractivity (Wildman–Crippen MR) is 40.9 cm³/mol. The monoisotopic (exact) mass is 233 g/mol. The van der Waals surface area contributed by atoms with Crippen LogP contribution >= 0.6 is 0 Å². The number of hydrogen-bond acceptors (Lipinski definition) is 1. The van der Waals surface area contributed by atoms with Crippen LogP contribution < -0.4 is 0 Å². The average Bonchev–Trinajstić information content (AvgIpc) is 1.79. The van der Waals surface area contributed by atoms with Crippen LogP contribution in [-0.4, -0.2) is 11.1 Å². The molecule has 0 saturated carbocycles. The van der Waals surface area contributed by atoms with Crippen molar-refractivity contribution in [2.45, 2.75) is 39.5 Å². The first-order valence-corrected chi connectivity index (χ1v) is 3.84. The largest absolute Gasteiger partial charge is 0.481 e. The van der Waals surface area contributed by atoms with Gasteiger partial charge in [0, 0.05) is 39.1 Å². The van der Waals surface area contributed by atoms with Crippen LogP contribution in [0.4, 0.5) is 0 Å². The number of carboxylic acids is 1. The van der Waals surface area contributed by atoms with E-state index in [0.717, 1.165) is 19.3 Å². The van der Waals surface area contributed by atoms with Gasteiger partial charge in [-0.1, -0.05) is 26.7 Å². The third-order valence-corrected chi connectivity index (χ3v) is 1.42. The van der Waals surface area contributed by atoms with E-state index in [1.165, 1.54) is 0 Å². The van der Waals surface area contributed by atoms with Crippen LogP contribution in [0.2, 0.25) is 0 Å². The minimum atomic E-state index is -0.677. The van der Waals surface area contributed by atoms with Crippen molar-refractivity contribution < 1.29 is 42.6 Å². The van der Waals surface area contributed by atoms with Gasteiger partial charge in [0.15, 0.2) is 0 Å². The summed E-state index contributed by atoms with van der Waals surface area (Å²) in [4.78, 5) is 10.0. The van der Waals surface area contributed by atoms with E-state index in [2.05, 4.69) is 13.8 Å². The van der Waals surface area contributed by atoms with Gasteiger partial charge in [-0.2, -0.15) is 0 Å². The summed E-state index contributed by atoms with van der Waals surface area (Å²) in [6, 6.07) is 0. The number of aliphatic carboxylic acids is 1. The van der Waals surface area contributed by atoms with Crippen LogP contribution in [0.1, 0.15) is 39.5 Å². The molecule has 0 atom stereocenters. The van der Waals surface area contributed by atoms with E-state index >= 15 is 0 Å². The Labute approximate surface area is 93.6 Å². The van der Waals surface area contributed by atoms with Gasteiger partial charge in [-0.15, -0.1) is 0 Å². The molecule has 0 amide bonds. The summed E-state index contributed by atoms with van der Waals surface area (Å²) in [6.45, 7) is 4.31. The molecule has 0 aliphatic rings. The third kappa shape index (κ3) is 13.6. The molecule has 0 unspecified atom stereocenters. The number of carboxylic acid groups (broad SMARTS) is 1. The van der Waals surface area contributed by atoms with E-state index in [9.17, 15) is 4.79 Å². The minimum Gasteiger partial charge on any atom is -0.481 e. The van der Waals surface area contributed by atoms with E-state index in [-0.39, 0.29) is 32.7 Å². The standard InChI is InChI=1S/C8H16O2.Y/c1-7(2)5-3-4-6-8(9)10;/h7H,3-6H2,1-2H3,(H,9,10);. The SMILES string of the molecule is CC(C)CCCCC(=O)O.[Y]. The van der Waals surface area contributed by atoms with Gasteiger partial charge in [-0.25, -0.2) is 0 Å². The summed E-state index contributed by atoms with van der Waals surface area (Å²) in [5.74, 6) is 0.0255. The smallest absolute Gasteiger partial charge is 0.303 e. The van der Waals surface area contributed by atoms with Gasteiger partial charge in [0.25, 0.3) is 0 Å². The van der Waals surface area contributed by atoms with Crippen molar-refractivity contribution in [1.82, 2.24) is 0 Å². The van der Waals surface area contributed by atoms with Crippen LogP contribution in [-0.2, 0) is 37.5 Å². The number of carbonyl (C=O) groups is 1. The molecule has 2 nitrogen and oxygen atoms in total. The molecule has 0 rings (SSSR count). The van der Waals surface area contributed by atoms with Crippen LogP contribution in [0.5, 0.6) is 0 Å². The molecule has 0 aromatic carbocycles. The number of rotatable bonds is 5. The molecule has 0 aliphatic heterocycles. The zero-order valence-electron chi connectivity index (χ0n) is 7.34. The molecule has 0 aliphatic carbocycles. The third-order valence-electron chi connectivity index (χ3n) is 1.42. The predicted octanol–water partition coefficient (Wildman–Crippen LogP) is 2.28. The van der Waals surface area contributed by atoms with E-state index in [4.69, 9.17) is 5.11 Å². The van der Waals surface area contributed by atoms with E-state index in [1.807, 2.05) is 0 Å². The van der Waals surface area contributed by atoms with E-state index < -0.39 is 5.97 Å². The second-order valence-electron chi connectivity index (χ2n) is 3.03. The molecule has 3 heteroatoms. The van der Waals surface area contributed by atoms with Crippen molar-refractivity contribution in [2.24, 2.45) is 5.92 Å². The summed E-state index contributed by atoms with van der Waals surface area (Å²) >= 11 is 0. The molecule has 11 heavy (non-hydrogen) atoms. The second-order valence-corrected chi connectivity index (χ2v) is 3.03. The van der Waals surface area contributed by atoms with Crippen LogP contribution in [0, 0.1) is 5.92 Å². The number of hydrogen-bond donors (Lipinski definition) is 1. The molecule has 0 saturated heterocycles. The van der Waals surface area contributed by atoms with Crippen molar-refractivity contribution in [2.75, 3.05) is 0 Å². The first-order chi connectivity index (χ1) is 4.63. The average molecular weight is 233 g/mol. The molecule has 0 aromatic heterocycles. The first-order valence-electron chi connectivity index (χ1n) is 3.84. The van der Waals surface area contributed by atoms with Crippen LogP contribution in [0.25, 0.3) is 0 Å². The molecule has 63 valence electrons. The summed E-state index contributed by atoms with van der Waals surface area (Å²) in [7, 11) is 0. The Hall–Kier alpha value is 0.574. The Balaban J connectivity index is 0. The molecule has 0 spiro atoms. The Kier molecular flexibility index (Phi) is 11.1. The number of unbranched alkanes of at least 4 members (excludes halogenated alkanes) is 1. The zero-order valence-corrected chi connectivity index (χ0v) is 10.2. The maximum Gasteiger partial charge on any atom is 0.303 e. The zero-order chi connectivity index (χ0) is 7.98. The van der Waals surface area contributed by atoms with Crippen molar-refractivity contribution >= 4 is 5.97 Å². The quantitative estimate of drug-likeness (QED) is 0.739. The Morgan fingerprint density at radius 1 is 1.36 bits per heavy atom. The first kappa shape index (κ1) is 14.1. The summed E-state index contributed by atoms with van der Waals surface area (Å²) in [6.07, 6.45) is 3.34. The van der Waals surface area contributed by atoms with Crippen molar-refractivity contribution in [3.05, 3.63) is 0 Å². The summed E-state index contributed by atoms with van der Waals surface area (Å²) in [5, 5.41) is 8.28. The fourth-order valence-electron chi connectivity index (χ4n) is 0.829. The van der Waals surface area contributed by atoms with Crippen molar-refractivity contribution in [3.63, 3.8) is 0 Å². The Bertz CT molecular complexity index is 102. The van der Waals surface area contributed by atoms with Crippen LogP contribution in [0.15, 0.2) is 0 Å². The normalized spacial score (nSPS) is 9.36. The molecule has 0 aromatic rings. The summed E-state index contributed by atoms with van der Waals surface area (Å²) < 4.78 is 0. The van der Waals surface area contributed by atoms with Crippen molar-refractivity contribution in [3.8, 4) is 0 Å². The van der Waals surface area contributed by atoms with E-state index in [1.54, 1.807) is 0 Å².